The first-order valence-corrected chi connectivity index (χ1v) is 6.19. The van der Waals surface area contributed by atoms with Gasteiger partial charge in [0.25, 0.3) is 5.69 Å². The van der Waals surface area contributed by atoms with E-state index in [1.807, 2.05) is 18.7 Å². The zero-order chi connectivity index (χ0) is 14.2. The van der Waals surface area contributed by atoms with E-state index in [0.29, 0.717) is 24.5 Å². The predicted octanol–water partition coefficient (Wildman–Crippen LogP) is 1.95. The van der Waals surface area contributed by atoms with Gasteiger partial charge in [0.2, 0.25) is 0 Å². The Hall–Kier alpha value is -1.82. The molecule has 1 atom stereocenters. The predicted molar refractivity (Wildman–Crippen MR) is 71.7 cm³/mol. The second-order valence-electron chi connectivity index (χ2n) is 5.50. The van der Waals surface area contributed by atoms with Gasteiger partial charge in [0.05, 0.1) is 23.3 Å². The van der Waals surface area contributed by atoms with E-state index in [1.165, 1.54) is 12.1 Å². The van der Waals surface area contributed by atoms with E-state index in [4.69, 9.17) is 4.74 Å². The molecule has 6 heteroatoms. The molecule has 0 aliphatic carbocycles. The molecule has 0 amide bonds. The quantitative estimate of drug-likeness (QED) is 0.668. The molecule has 1 unspecified atom stereocenters. The van der Waals surface area contributed by atoms with Crippen LogP contribution in [-0.4, -0.2) is 34.8 Å². The van der Waals surface area contributed by atoms with Gasteiger partial charge in [-0.05, 0) is 26.8 Å². The van der Waals surface area contributed by atoms with Gasteiger partial charge >= 0.3 is 0 Å². The average Bonchev–Trinajstić information content (AvgIpc) is 2.25. The molecule has 6 nitrogen and oxygen atoms in total. The number of nitrogens with zero attached hydrogens (tertiary/aromatic N) is 2. The zero-order valence-electron chi connectivity index (χ0n) is 11.3. The molecule has 1 aromatic carbocycles. The van der Waals surface area contributed by atoms with Crippen molar-refractivity contribution in [3.8, 4) is 5.75 Å². The number of hydrogen-bond acceptors (Lipinski definition) is 5. The lowest BCUT2D eigenvalue weighted by Crippen LogP contribution is -2.48. The number of nitro groups is 1. The van der Waals surface area contributed by atoms with Gasteiger partial charge in [-0.2, -0.15) is 0 Å². The number of anilines is 1. The van der Waals surface area contributed by atoms with Crippen molar-refractivity contribution < 1.29 is 14.8 Å². The third-order valence-corrected chi connectivity index (χ3v) is 2.94. The Balaban J connectivity index is 2.42. The number of benzene rings is 1. The van der Waals surface area contributed by atoms with E-state index in [2.05, 4.69) is 0 Å². The number of aliphatic hydroxyl groups excluding tert-OH is 1. The summed E-state index contributed by atoms with van der Waals surface area (Å²) in [6.07, 6.45) is -0.513. The van der Waals surface area contributed by atoms with Crippen LogP contribution in [0.15, 0.2) is 18.2 Å². The number of ether oxygens (including phenoxy) is 1. The van der Waals surface area contributed by atoms with Crippen LogP contribution in [0.25, 0.3) is 0 Å². The highest BCUT2D eigenvalue weighted by molar-refractivity contribution is 5.65. The normalized spacial score (nSPS) is 18.4. The standard InChI is InChI=1S/C13H18N2O4/c1-9(16)7-14-8-13(2,3)19-12-5-4-10(15(17)18)6-11(12)14/h4-6,9,16H,7-8H2,1-3H3. The molecule has 0 spiro atoms. The minimum atomic E-state index is -0.513. The first kappa shape index (κ1) is 13.6. The molecule has 0 saturated carbocycles. The summed E-state index contributed by atoms with van der Waals surface area (Å²) >= 11 is 0. The number of aliphatic hydroxyl groups is 1. The first-order valence-electron chi connectivity index (χ1n) is 6.19. The van der Waals surface area contributed by atoms with Crippen molar-refractivity contribution in [1.29, 1.82) is 0 Å². The molecular formula is C13H18N2O4. The summed E-state index contributed by atoms with van der Waals surface area (Å²) in [5.74, 6) is 0.613. The molecule has 0 radical (unpaired) electrons. The fourth-order valence-electron chi connectivity index (χ4n) is 2.31. The van der Waals surface area contributed by atoms with Crippen molar-refractivity contribution >= 4 is 11.4 Å². The maximum Gasteiger partial charge on any atom is 0.271 e. The lowest BCUT2D eigenvalue weighted by Gasteiger charge is -2.41. The molecule has 0 fully saturated rings. The van der Waals surface area contributed by atoms with Gasteiger partial charge in [-0.15, -0.1) is 0 Å². The van der Waals surface area contributed by atoms with E-state index >= 15 is 0 Å². The van der Waals surface area contributed by atoms with Crippen molar-refractivity contribution in [2.45, 2.75) is 32.5 Å². The van der Waals surface area contributed by atoms with Crippen LogP contribution in [0.1, 0.15) is 20.8 Å². The molecule has 1 aromatic rings. The topological polar surface area (TPSA) is 75.8 Å². The number of β-amino-alcohol motifs (C(OH)–C–C–N with tert-alkyl or cyclic N) is 1. The summed E-state index contributed by atoms with van der Waals surface area (Å²) < 4.78 is 5.82. The summed E-state index contributed by atoms with van der Waals surface area (Å²) in [7, 11) is 0. The van der Waals surface area contributed by atoms with E-state index in [1.54, 1.807) is 13.0 Å². The van der Waals surface area contributed by atoms with Crippen LogP contribution < -0.4 is 9.64 Å². The van der Waals surface area contributed by atoms with Crippen LogP contribution in [0, 0.1) is 10.1 Å². The van der Waals surface area contributed by atoms with Crippen molar-refractivity contribution in [1.82, 2.24) is 0 Å². The van der Waals surface area contributed by atoms with Crippen LogP contribution in [0.3, 0.4) is 0 Å². The van der Waals surface area contributed by atoms with Crippen LogP contribution in [0.5, 0.6) is 5.75 Å². The molecule has 1 aliphatic heterocycles. The highest BCUT2D eigenvalue weighted by atomic mass is 16.6. The summed E-state index contributed by atoms with van der Waals surface area (Å²) in [4.78, 5) is 12.3. The second-order valence-corrected chi connectivity index (χ2v) is 5.50. The number of rotatable bonds is 3. The number of fused-ring (bicyclic) bond motifs is 1. The Morgan fingerprint density at radius 1 is 1.58 bits per heavy atom. The van der Waals surface area contributed by atoms with E-state index in [9.17, 15) is 15.2 Å². The summed E-state index contributed by atoms with van der Waals surface area (Å²) in [5, 5.41) is 20.4. The molecule has 1 heterocycles. The summed E-state index contributed by atoms with van der Waals surface area (Å²) in [6, 6.07) is 4.54. The monoisotopic (exact) mass is 266 g/mol. The fourth-order valence-corrected chi connectivity index (χ4v) is 2.31. The maximum absolute atomic E-state index is 10.8. The van der Waals surface area contributed by atoms with Crippen LogP contribution in [0.2, 0.25) is 0 Å². The highest BCUT2D eigenvalue weighted by Crippen LogP contribution is 2.39. The maximum atomic E-state index is 10.8. The lowest BCUT2D eigenvalue weighted by atomic mass is 10.0. The van der Waals surface area contributed by atoms with Gasteiger partial charge in [-0.3, -0.25) is 10.1 Å². The Bertz CT molecular complexity index is 499. The average molecular weight is 266 g/mol. The summed E-state index contributed by atoms with van der Waals surface area (Å²) in [6.45, 7) is 6.59. The van der Waals surface area contributed by atoms with Crippen LogP contribution in [0.4, 0.5) is 11.4 Å². The van der Waals surface area contributed by atoms with Gasteiger partial charge in [0.1, 0.15) is 11.4 Å². The third-order valence-electron chi connectivity index (χ3n) is 2.94. The molecule has 0 bridgehead atoms. The number of hydrogen-bond donors (Lipinski definition) is 1. The largest absolute Gasteiger partial charge is 0.484 e. The smallest absolute Gasteiger partial charge is 0.271 e. The molecule has 2 rings (SSSR count). The zero-order valence-corrected chi connectivity index (χ0v) is 11.3. The van der Waals surface area contributed by atoms with E-state index in [0.717, 1.165) is 0 Å². The molecule has 104 valence electrons. The Labute approximate surface area is 111 Å². The fraction of sp³-hybridized carbons (Fsp3) is 0.538. The van der Waals surface area contributed by atoms with Gasteiger partial charge in [0.15, 0.2) is 0 Å². The van der Waals surface area contributed by atoms with E-state index in [-0.39, 0.29) is 5.69 Å². The number of non-ortho nitro benzene ring substituents is 1. The SMILES string of the molecule is CC(O)CN1CC(C)(C)Oc2ccc([N+](=O)[O-])cc21. The highest BCUT2D eigenvalue weighted by Gasteiger charge is 2.33. The minimum Gasteiger partial charge on any atom is -0.484 e. The van der Waals surface area contributed by atoms with Gasteiger partial charge < -0.3 is 14.7 Å². The second kappa shape index (κ2) is 4.70. The van der Waals surface area contributed by atoms with Crippen molar-refractivity contribution in [2.75, 3.05) is 18.0 Å². The molecule has 19 heavy (non-hydrogen) atoms. The van der Waals surface area contributed by atoms with Gasteiger partial charge in [-0.1, -0.05) is 0 Å². The van der Waals surface area contributed by atoms with Crippen molar-refractivity contribution in [2.24, 2.45) is 0 Å². The summed E-state index contributed by atoms with van der Waals surface area (Å²) in [5.41, 5.74) is 0.296. The van der Waals surface area contributed by atoms with Crippen LogP contribution in [-0.2, 0) is 0 Å². The molecule has 0 saturated heterocycles. The minimum absolute atomic E-state index is 0.0256. The van der Waals surface area contributed by atoms with E-state index < -0.39 is 16.6 Å². The number of nitro benzene ring substituents is 1. The molecule has 0 aromatic heterocycles. The van der Waals surface area contributed by atoms with Gasteiger partial charge in [-0.25, -0.2) is 0 Å². The Morgan fingerprint density at radius 3 is 2.84 bits per heavy atom. The van der Waals surface area contributed by atoms with Gasteiger partial charge in [0, 0.05) is 18.7 Å². The molecule has 1 aliphatic rings. The third kappa shape index (κ3) is 2.96. The molecular weight excluding hydrogens is 248 g/mol. The molecule has 1 N–H and O–H groups in total. The van der Waals surface area contributed by atoms with Crippen LogP contribution >= 0.6 is 0 Å². The lowest BCUT2D eigenvalue weighted by molar-refractivity contribution is -0.384. The van der Waals surface area contributed by atoms with Crippen molar-refractivity contribution in [3.63, 3.8) is 0 Å². The first-order chi connectivity index (χ1) is 8.78. The Kier molecular flexibility index (Phi) is 3.36. The van der Waals surface area contributed by atoms with Crippen molar-refractivity contribution in [3.05, 3.63) is 28.3 Å². The Morgan fingerprint density at radius 2 is 2.26 bits per heavy atom.